The summed E-state index contributed by atoms with van der Waals surface area (Å²) in [4.78, 5) is 31.0. The summed E-state index contributed by atoms with van der Waals surface area (Å²) in [6, 6.07) is 9.37. The van der Waals surface area contributed by atoms with E-state index in [9.17, 15) is 9.59 Å². The Balaban J connectivity index is 1.59. The zero-order valence-corrected chi connectivity index (χ0v) is 14.5. The third-order valence-corrected chi connectivity index (χ3v) is 5.26. The minimum Gasteiger partial charge on any atom is -0.402 e. The lowest BCUT2D eigenvalue weighted by Crippen LogP contribution is -2.23. The van der Waals surface area contributed by atoms with Crippen molar-refractivity contribution in [3.8, 4) is 0 Å². The summed E-state index contributed by atoms with van der Waals surface area (Å²) < 4.78 is 5.30. The van der Waals surface area contributed by atoms with Gasteiger partial charge in [0.25, 0.3) is 0 Å². The van der Waals surface area contributed by atoms with Crippen LogP contribution in [0.1, 0.15) is 28.8 Å². The Morgan fingerprint density at radius 1 is 1.20 bits per heavy atom. The Morgan fingerprint density at radius 2 is 2.00 bits per heavy atom. The van der Waals surface area contributed by atoms with Crippen LogP contribution in [0.15, 0.2) is 46.4 Å². The van der Waals surface area contributed by atoms with Crippen LogP contribution in [-0.2, 0) is 14.3 Å². The maximum atomic E-state index is 12.1. The third kappa shape index (κ3) is 3.00. The number of benzene rings is 1. The number of amides is 1. The second-order valence-corrected chi connectivity index (χ2v) is 6.95. The largest absolute Gasteiger partial charge is 0.402 e. The fraction of sp³-hybridized carbons (Fsp3) is 0.211. The zero-order valence-electron chi connectivity index (χ0n) is 13.7. The summed E-state index contributed by atoms with van der Waals surface area (Å²) in [7, 11) is 0. The van der Waals surface area contributed by atoms with Gasteiger partial charge in [0.15, 0.2) is 5.70 Å². The van der Waals surface area contributed by atoms with Crippen molar-refractivity contribution in [3.63, 3.8) is 0 Å². The monoisotopic (exact) mass is 352 g/mol. The molecule has 0 spiro atoms. The Bertz CT molecular complexity index is 909. The molecule has 0 unspecified atom stereocenters. The van der Waals surface area contributed by atoms with Gasteiger partial charge in [0, 0.05) is 29.1 Å². The second-order valence-electron chi connectivity index (χ2n) is 6.00. The highest BCUT2D eigenvalue weighted by Crippen LogP contribution is 2.25. The molecule has 1 amide bonds. The van der Waals surface area contributed by atoms with Gasteiger partial charge in [-0.05, 0) is 60.7 Å². The van der Waals surface area contributed by atoms with E-state index >= 15 is 0 Å². The maximum Gasteiger partial charge on any atom is 0.363 e. The minimum atomic E-state index is -0.443. The third-order valence-electron chi connectivity index (χ3n) is 4.29. The Kier molecular flexibility index (Phi) is 3.97. The number of hydrogen-bond acceptors (Lipinski definition) is 5. The average molecular weight is 352 g/mol. The van der Waals surface area contributed by atoms with Crippen molar-refractivity contribution in [1.29, 1.82) is 0 Å². The summed E-state index contributed by atoms with van der Waals surface area (Å²) in [6.45, 7) is 2.74. The second kappa shape index (κ2) is 6.29. The van der Waals surface area contributed by atoms with Crippen LogP contribution in [0.25, 0.3) is 6.08 Å². The van der Waals surface area contributed by atoms with Crippen molar-refractivity contribution in [2.24, 2.45) is 4.99 Å². The molecular weight excluding hydrogens is 336 g/mol. The molecule has 0 atom stereocenters. The number of carbonyl (C=O) groups is 2. The number of aliphatic imine (C=N–C) groups is 1. The van der Waals surface area contributed by atoms with Crippen LogP contribution in [-0.4, -0.2) is 24.3 Å². The molecule has 3 heterocycles. The lowest BCUT2D eigenvalue weighted by Gasteiger charge is -2.15. The molecule has 1 saturated heterocycles. The van der Waals surface area contributed by atoms with Gasteiger partial charge in [-0.25, -0.2) is 9.79 Å². The normalized spacial score (nSPS) is 18.8. The molecule has 2 aromatic rings. The fourth-order valence-electron chi connectivity index (χ4n) is 2.89. The van der Waals surface area contributed by atoms with Crippen molar-refractivity contribution >= 4 is 40.9 Å². The van der Waals surface area contributed by atoms with E-state index in [0.29, 0.717) is 18.0 Å². The minimum absolute atomic E-state index is 0.147. The fourth-order valence-corrected chi connectivity index (χ4v) is 3.75. The molecule has 1 aromatic heterocycles. The molecule has 25 heavy (non-hydrogen) atoms. The number of aryl methyl sites for hydroxylation is 1. The smallest absolute Gasteiger partial charge is 0.363 e. The molecule has 0 bridgehead atoms. The van der Waals surface area contributed by atoms with E-state index in [1.54, 1.807) is 22.3 Å². The van der Waals surface area contributed by atoms with Crippen molar-refractivity contribution in [2.75, 3.05) is 11.4 Å². The topological polar surface area (TPSA) is 59.0 Å². The van der Waals surface area contributed by atoms with E-state index < -0.39 is 5.97 Å². The van der Waals surface area contributed by atoms with Gasteiger partial charge in [-0.3, -0.25) is 4.79 Å². The summed E-state index contributed by atoms with van der Waals surface area (Å²) >= 11 is 1.56. The summed E-state index contributed by atoms with van der Waals surface area (Å²) in [5.41, 5.74) is 2.99. The first kappa shape index (κ1) is 15.8. The number of anilines is 1. The quantitative estimate of drug-likeness (QED) is 0.627. The molecule has 0 aliphatic carbocycles. The Hall–Kier alpha value is -2.73. The molecule has 0 radical (unpaired) electrons. The van der Waals surface area contributed by atoms with Gasteiger partial charge in [-0.2, -0.15) is 0 Å². The van der Waals surface area contributed by atoms with E-state index in [1.165, 1.54) is 0 Å². The van der Waals surface area contributed by atoms with Gasteiger partial charge in [0.05, 0.1) is 0 Å². The first-order valence-electron chi connectivity index (χ1n) is 8.09. The number of ether oxygens (including phenoxy) is 1. The van der Waals surface area contributed by atoms with Gasteiger partial charge < -0.3 is 9.64 Å². The van der Waals surface area contributed by atoms with E-state index in [-0.39, 0.29) is 5.91 Å². The van der Waals surface area contributed by atoms with E-state index in [4.69, 9.17) is 4.74 Å². The first-order valence-corrected chi connectivity index (χ1v) is 8.97. The molecule has 1 aromatic carbocycles. The molecule has 6 heteroatoms. The number of esters is 1. The van der Waals surface area contributed by atoms with E-state index in [1.807, 2.05) is 42.6 Å². The Labute approximate surface area is 149 Å². The molecule has 4 rings (SSSR count). The molecule has 0 saturated carbocycles. The Morgan fingerprint density at radius 3 is 2.64 bits per heavy atom. The van der Waals surface area contributed by atoms with Crippen molar-refractivity contribution in [1.82, 2.24) is 0 Å². The SMILES string of the molecule is Cc1ccsc1/C=C1\N=C(c2ccc(N3CCCC3=O)cc2)OC1=O. The average Bonchev–Trinajstić information content (AvgIpc) is 3.31. The molecule has 2 aliphatic heterocycles. The standard InChI is InChI=1S/C19H16N2O3S/c1-12-8-10-25-16(12)11-15-19(23)24-18(20-15)13-4-6-14(7-5-13)21-9-2-3-17(21)22/h4-8,10-11H,2-3,9H2,1H3/b15-11-. The van der Waals surface area contributed by atoms with Crippen molar-refractivity contribution < 1.29 is 14.3 Å². The first-order chi connectivity index (χ1) is 12.1. The number of cyclic esters (lactones) is 1. The summed E-state index contributed by atoms with van der Waals surface area (Å²) in [6.07, 6.45) is 3.25. The van der Waals surface area contributed by atoms with E-state index in [2.05, 4.69) is 4.99 Å². The number of carbonyl (C=O) groups excluding carboxylic acids is 2. The number of rotatable bonds is 3. The number of nitrogens with zero attached hydrogens (tertiary/aromatic N) is 2. The molecule has 126 valence electrons. The van der Waals surface area contributed by atoms with Gasteiger partial charge in [0.2, 0.25) is 11.8 Å². The lowest BCUT2D eigenvalue weighted by molar-refractivity contribution is -0.130. The van der Waals surface area contributed by atoms with Crippen LogP contribution in [0.3, 0.4) is 0 Å². The maximum absolute atomic E-state index is 12.1. The predicted octanol–water partition coefficient (Wildman–Crippen LogP) is 3.53. The predicted molar refractivity (Wildman–Crippen MR) is 97.7 cm³/mol. The number of thiophene rings is 1. The van der Waals surface area contributed by atoms with Gasteiger partial charge in [-0.1, -0.05) is 0 Å². The van der Waals surface area contributed by atoms with Crippen molar-refractivity contribution in [3.05, 3.63) is 57.4 Å². The van der Waals surface area contributed by atoms with Gasteiger partial charge >= 0.3 is 5.97 Å². The summed E-state index contributed by atoms with van der Waals surface area (Å²) in [5, 5.41) is 1.98. The zero-order chi connectivity index (χ0) is 17.4. The highest BCUT2D eigenvalue weighted by atomic mass is 32.1. The van der Waals surface area contributed by atoms with Crippen LogP contribution in [0, 0.1) is 6.92 Å². The molecule has 5 nitrogen and oxygen atoms in total. The van der Waals surface area contributed by atoms with Crippen LogP contribution < -0.4 is 4.90 Å². The molecule has 1 fully saturated rings. The van der Waals surface area contributed by atoms with Crippen LogP contribution >= 0.6 is 11.3 Å². The molecule has 2 aliphatic rings. The summed E-state index contributed by atoms with van der Waals surface area (Å²) in [5.74, 6) is 0.000256. The van der Waals surface area contributed by atoms with Crippen molar-refractivity contribution in [2.45, 2.75) is 19.8 Å². The van der Waals surface area contributed by atoms with Gasteiger partial charge in [0.1, 0.15) is 0 Å². The highest BCUT2D eigenvalue weighted by molar-refractivity contribution is 7.11. The van der Waals surface area contributed by atoms with Crippen LogP contribution in [0.4, 0.5) is 5.69 Å². The van der Waals surface area contributed by atoms with Gasteiger partial charge in [-0.15, -0.1) is 11.3 Å². The molecular formula is C19H16N2O3S. The molecule has 0 N–H and O–H groups in total. The lowest BCUT2D eigenvalue weighted by atomic mass is 10.2. The van der Waals surface area contributed by atoms with E-state index in [0.717, 1.165) is 34.7 Å². The van der Waals surface area contributed by atoms with Crippen LogP contribution in [0.2, 0.25) is 0 Å². The highest BCUT2D eigenvalue weighted by Gasteiger charge is 2.25. The number of hydrogen-bond donors (Lipinski definition) is 0. The van der Waals surface area contributed by atoms with Crippen LogP contribution in [0.5, 0.6) is 0 Å².